The van der Waals surface area contributed by atoms with E-state index in [0.29, 0.717) is 0 Å². The molecule has 0 fully saturated rings. The van der Waals surface area contributed by atoms with Gasteiger partial charge in [0.15, 0.2) is 0 Å². The van der Waals surface area contributed by atoms with Gasteiger partial charge in [0.2, 0.25) is 0 Å². The fraction of sp³-hybridized carbons (Fsp3) is 0.571. The van der Waals surface area contributed by atoms with Crippen LogP contribution in [0, 0.1) is 0 Å². The van der Waals surface area contributed by atoms with Crippen LogP contribution in [-0.2, 0) is 5.41 Å². The number of rotatable bonds is 0. The van der Waals surface area contributed by atoms with Crippen LogP contribution in [0.4, 0.5) is 0 Å². The largest absolute Gasteiger partial charge is 0.281 e. The fourth-order valence-corrected chi connectivity index (χ4v) is 1.27. The first-order chi connectivity index (χ1) is 4.52. The maximum atomic E-state index is 4.25. The lowest BCUT2D eigenvalue weighted by Crippen LogP contribution is -2.12. The van der Waals surface area contributed by atoms with Crippen LogP contribution in [0.2, 0.25) is 0 Å². The van der Waals surface area contributed by atoms with Crippen molar-refractivity contribution in [3.8, 4) is 0 Å². The van der Waals surface area contributed by atoms with Gasteiger partial charge in [-0.25, -0.2) is 0 Å². The molecule has 10 heavy (non-hydrogen) atoms. The molecule has 0 aliphatic heterocycles. The summed E-state index contributed by atoms with van der Waals surface area (Å²) < 4.78 is 0. The van der Waals surface area contributed by atoms with E-state index in [1.165, 1.54) is 0 Å². The van der Waals surface area contributed by atoms with Gasteiger partial charge in [-0.2, -0.15) is 5.10 Å². The molecule has 1 aromatic rings. The summed E-state index contributed by atoms with van der Waals surface area (Å²) >= 11 is 4.25. The zero-order chi connectivity index (χ0) is 7.78. The molecule has 0 amide bonds. The highest BCUT2D eigenvalue weighted by Gasteiger charge is 2.17. The molecule has 1 rings (SSSR count). The first-order valence-corrected chi connectivity index (χ1v) is 3.69. The SMILES string of the molecule is CC(C)(C)c1[nH]ncc1S. The van der Waals surface area contributed by atoms with E-state index >= 15 is 0 Å². The Morgan fingerprint density at radius 3 is 2.30 bits per heavy atom. The van der Waals surface area contributed by atoms with Crippen LogP contribution >= 0.6 is 12.6 Å². The van der Waals surface area contributed by atoms with Crippen LogP contribution in [0.5, 0.6) is 0 Å². The molecule has 0 saturated carbocycles. The number of H-pyrrole nitrogens is 1. The molecule has 0 bridgehead atoms. The number of hydrogen-bond donors (Lipinski definition) is 2. The van der Waals surface area contributed by atoms with E-state index in [1.54, 1.807) is 6.20 Å². The monoisotopic (exact) mass is 156 g/mol. The van der Waals surface area contributed by atoms with Crippen LogP contribution in [0.25, 0.3) is 0 Å². The molecule has 2 nitrogen and oxygen atoms in total. The minimum Gasteiger partial charge on any atom is -0.281 e. The zero-order valence-corrected chi connectivity index (χ0v) is 7.37. The summed E-state index contributed by atoms with van der Waals surface area (Å²) in [4.78, 5) is 0.938. The van der Waals surface area contributed by atoms with Crippen molar-refractivity contribution in [3.63, 3.8) is 0 Å². The molecule has 0 aromatic carbocycles. The Hall–Kier alpha value is -0.440. The maximum absolute atomic E-state index is 4.25. The van der Waals surface area contributed by atoms with Gasteiger partial charge in [0, 0.05) is 10.3 Å². The molecule has 0 aliphatic rings. The van der Waals surface area contributed by atoms with E-state index in [0.717, 1.165) is 10.6 Å². The smallest absolute Gasteiger partial charge is 0.0624 e. The Morgan fingerprint density at radius 1 is 1.50 bits per heavy atom. The van der Waals surface area contributed by atoms with Gasteiger partial charge in [-0.05, 0) is 0 Å². The topological polar surface area (TPSA) is 28.7 Å². The van der Waals surface area contributed by atoms with Crippen LogP contribution in [-0.4, -0.2) is 10.2 Å². The van der Waals surface area contributed by atoms with Gasteiger partial charge < -0.3 is 0 Å². The third-order valence-electron chi connectivity index (χ3n) is 1.37. The van der Waals surface area contributed by atoms with Crippen molar-refractivity contribution in [2.75, 3.05) is 0 Å². The first-order valence-electron chi connectivity index (χ1n) is 3.24. The van der Waals surface area contributed by atoms with E-state index in [2.05, 4.69) is 43.6 Å². The molecular weight excluding hydrogens is 144 g/mol. The summed E-state index contributed by atoms with van der Waals surface area (Å²) in [6.45, 7) is 6.38. The average molecular weight is 156 g/mol. The van der Waals surface area contributed by atoms with Gasteiger partial charge in [-0.1, -0.05) is 20.8 Å². The standard InChI is InChI=1S/C7H12N2S/c1-7(2,3)6-5(10)4-8-9-6/h4,10H,1-3H3,(H,8,9). The second-order valence-electron chi connectivity index (χ2n) is 3.38. The van der Waals surface area contributed by atoms with Crippen molar-refractivity contribution < 1.29 is 0 Å². The lowest BCUT2D eigenvalue weighted by atomic mass is 9.92. The third-order valence-corrected chi connectivity index (χ3v) is 1.71. The lowest BCUT2D eigenvalue weighted by Gasteiger charge is -2.16. The fourth-order valence-electron chi connectivity index (χ4n) is 0.832. The molecule has 1 heterocycles. The third kappa shape index (κ3) is 1.34. The highest BCUT2D eigenvalue weighted by atomic mass is 32.1. The molecule has 0 radical (unpaired) electrons. The number of nitrogens with zero attached hydrogens (tertiary/aromatic N) is 1. The van der Waals surface area contributed by atoms with Crippen molar-refractivity contribution in [2.45, 2.75) is 31.1 Å². The molecule has 0 unspecified atom stereocenters. The van der Waals surface area contributed by atoms with E-state index in [-0.39, 0.29) is 5.41 Å². The molecule has 1 N–H and O–H groups in total. The van der Waals surface area contributed by atoms with E-state index < -0.39 is 0 Å². The molecule has 0 saturated heterocycles. The van der Waals surface area contributed by atoms with Crippen LogP contribution in [0.3, 0.4) is 0 Å². The second kappa shape index (κ2) is 2.31. The maximum Gasteiger partial charge on any atom is 0.0624 e. The minimum atomic E-state index is 0.119. The van der Waals surface area contributed by atoms with Crippen molar-refractivity contribution in [1.29, 1.82) is 0 Å². The molecule has 3 heteroatoms. The Balaban J connectivity index is 3.05. The predicted octanol–water partition coefficient (Wildman–Crippen LogP) is 2.00. The van der Waals surface area contributed by atoms with Crippen molar-refractivity contribution in [3.05, 3.63) is 11.9 Å². The van der Waals surface area contributed by atoms with Crippen LogP contribution in [0.15, 0.2) is 11.1 Å². The van der Waals surface area contributed by atoms with E-state index in [1.807, 2.05) is 0 Å². The summed E-state index contributed by atoms with van der Waals surface area (Å²) in [6, 6.07) is 0. The Labute approximate surface area is 66.4 Å². The molecule has 0 aliphatic carbocycles. The number of aromatic nitrogens is 2. The highest BCUT2D eigenvalue weighted by Crippen LogP contribution is 2.24. The quantitative estimate of drug-likeness (QED) is 0.553. The summed E-state index contributed by atoms with van der Waals surface area (Å²) in [7, 11) is 0. The Morgan fingerprint density at radius 2 is 2.10 bits per heavy atom. The number of nitrogens with one attached hydrogen (secondary N) is 1. The van der Waals surface area contributed by atoms with Crippen LogP contribution in [0.1, 0.15) is 26.5 Å². The normalized spacial score (nSPS) is 12.0. The Kier molecular flexibility index (Phi) is 1.77. The average Bonchev–Trinajstić information content (AvgIpc) is 2.11. The van der Waals surface area contributed by atoms with E-state index in [4.69, 9.17) is 0 Å². The zero-order valence-electron chi connectivity index (χ0n) is 6.47. The summed E-state index contributed by atoms with van der Waals surface area (Å²) in [6.07, 6.45) is 1.73. The molecule has 0 spiro atoms. The summed E-state index contributed by atoms with van der Waals surface area (Å²) in [5, 5.41) is 6.81. The number of thiol groups is 1. The van der Waals surface area contributed by atoms with Gasteiger partial charge in [0.05, 0.1) is 11.9 Å². The Bertz CT molecular complexity index is 222. The minimum absolute atomic E-state index is 0.119. The van der Waals surface area contributed by atoms with Crippen molar-refractivity contribution in [2.24, 2.45) is 0 Å². The lowest BCUT2D eigenvalue weighted by molar-refractivity contribution is 0.556. The van der Waals surface area contributed by atoms with Crippen LogP contribution < -0.4 is 0 Å². The highest BCUT2D eigenvalue weighted by molar-refractivity contribution is 7.80. The molecule has 1 aromatic heterocycles. The molecular formula is C7H12N2S. The summed E-state index contributed by atoms with van der Waals surface area (Å²) in [5.74, 6) is 0. The molecule has 56 valence electrons. The molecule has 0 atom stereocenters. The summed E-state index contributed by atoms with van der Waals surface area (Å²) in [5.41, 5.74) is 1.21. The van der Waals surface area contributed by atoms with Gasteiger partial charge >= 0.3 is 0 Å². The van der Waals surface area contributed by atoms with E-state index in [9.17, 15) is 0 Å². The second-order valence-corrected chi connectivity index (χ2v) is 3.86. The van der Waals surface area contributed by atoms with Gasteiger partial charge in [-0.3, -0.25) is 5.10 Å². The van der Waals surface area contributed by atoms with Crippen molar-refractivity contribution in [1.82, 2.24) is 10.2 Å². The predicted molar refractivity (Wildman–Crippen MR) is 44.5 cm³/mol. The van der Waals surface area contributed by atoms with Gasteiger partial charge in [-0.15, -0.1) is 12.6 Å². The number of hydrogen-bond acceptors (Lipinski definition) is 2. The first kappa shape index (κ1) is 7.66. The van der Waals surface area contributed by atoms with Gasteiger partial charge in [0.1, 0.15) is 0 Å². The number of aromatic amines is 1. The van der Waals surface area contributed by atoms with Gasteiger partial charge in [0.25, 0.3) is 0 Å². The van der Waals surface area contributed by atoms with Crippen molar-refractivity contribution >= 4 is 12.6 Å².